The maximum Gasteiger partial charge on any atom is 0.416 e. The molecule has 0 bridgehead atoms. The number of likely N-dealkylation sites (tertiary alicyclic amines) is 1. The fraction of sp³-hybridized carbons (Fsp3) is 0.333. The average molecular weight is 417 g/mol. The summed E-state index contributed by atoms with van der Waals surface area (Å²) in [5.41, 5.74) is -1.09. The normalized spacial score (nSPS) is 15.6. The number of rotatable bonds is 3. The standard InChI is InChI=1S/C18H16ClF3N2O2S/c19-13-9-11(8-12(10-13)18(20,21)22)16(25)23-14-3-5-24(6-4-14)17(26)15-2-1-7-27-15/h1-2,7-10,14H,3-6H2,(H,23,25). The Labute approximate surface area is 162 Å². The molecule has 0 aliphatic carbocycles. The van der Waals surface area contributed by atoms with E-state index in [0.717, 1.165) is 12.1 Å². The molecular formula is C18H16ClF3N2O2S. The van der Waals surface area contributed by atoms with Crippen LogP contribution in [0, 0.1) is 0 Å². The molecule has 0 saturated carbocycles. The summed E-state index contributed by atoms with van der Waals surface area (Å²) in [6, 6.07) is 6.15. The van der Waals surface area contributed by atoms with E-state index in [0.29, 0.717) is 30.8 Å². The Morgan fingerprint density at radius 3 is 2.48 bits per heavy atom. The molecule has 1 aliphatic rings. The van der Waals surface area contributed by atoms with Crippen LogP contribution in [0.2, 0.25) is 5.02 Å². The van der Waals surface area contributed by atoms with Crippen molar-refractivity contribution in [3.8, 4) is 0 Å². The molecule has 0 atom stereocenters. The summed E-state index contributed by atoms with van der Waals surface area (Å²) in [6.45, 7) is 0.954. The van der Waals surface area contributed by atoms with Gasteiger partial charge >= 0.3 is 6.18 Å². The minimum absolute atomic E-state index is 0.0422. The molecule has 1 fully saturated rings. The monoisotopic (exact) mass is 416 g/mol. The van der Waals surface area contributed by atoms with Crippen LogP contribution in [-0.4, -0.2) is 35.8 Å². The molecule has 2 aromatic rings. The van der Waals surface area contributed by atoms with Gasteiger partial charge in [-0.05, 0) is 42.5 Å². The lowest BCUT2D eigenvalue weighted by Crippen LogP contribution is -2.46. The number of alkyl halides is 3. The predicted octanol–water partition coefficient (Wildman–Crippen LogP) is 4.45. The lowest BCUT2D eigenvalue weighted by atomic mass is 10.0. The molecule has 3 rings (SSSR count). The highest BCUT2D eigenvalue weighted by Crippen LogP contribution is 2.32. The molecular weight excluding hydrogens is 401 g/mol. The fourth-order valence-corrected chi connectivity index (χ4v) is 3.86. The Bertz CT molecular complexity index is 832. The smallest absolute Gasteiger partial charge is 0.349 e. The number of amides is 2. The van der Waals surface area contributed by atoms with Crippen molar-refractivity contribution in [3.05, 3.63) is 56.7 Å². The molecule has 27 heavy (non-hydrogen) atoms. The van der Waals surface area contributed by atoms with E-state index in [9.17, 15) is 22.8 Å². The number of thiophene rings is 1. The van der Waals surface area contributed by atoms with E-state index < -0.39 is 17.6 Å². The van der Waals surface area contributed by atoms with Crippen molar-refractivity contribution in [2.75, 3.05) is 13.1 Å². The summed E-state index contributed by atoms with van der Waals surface area (Å²) in [5.74, 6) is -0.648. The molecule has 0 unspecified atom stereocenters. The Morgan fingerprint density at radius 2 is 1.89 bits per heavy atom. The van der Waals surface area contributed by atoms with Crippen LogP contribution in [0.25, 0.3) is 0 Å². The van der Waals surface area contributed by atoms with E-state index in [1.807, 2.05) is 11.4 Å². The van der Waals surface area contributed by atoms with Crippen molar-refractivity contribution in [1.29, 1.82) is 0 Å². The second kappa shape index (κ2) is 7.90. The van der Waals surface area contributed by atoms with Gasteiger partial charge in [0.05, 0.1) is 10.4 Å². The number of carbonyl (C=O) groups is 2. The first-order valence-electron chi connectivity index (χ1n) is 8.25. The summed E-state index contributed by atoms with van der Waals surface area (Å²) < 4.78 is 38.6. The zero-order valence-corrected chi connectivity index (χ0v) is 15.6. The highest BCUT2D eigenvalue weighted by molar-refractivity contribution is 7.12. The third kappa shape index (κ3) is 4.81. The van der Waals surface area contributed by atoms with Crippen molar-refractivity contribution in [2.24, 2.45) is 0 Å². The number of carbonyl (C=O) groups excluding carboxylic acids is 2. The van der Waals surface area contributed by atoms with Crippen LogP contribution in [0.4, 0.5) is 13.2 Å². The molecule has 1 aromatic carbocycles. The van der Waals surface area contributed by atoms with Crippen LogP contribution in [0.15, 0.2) is 35.7 Å². The Balaban J connectivity index is 1.60. The first-order chi connectivity index (χ1) is 12.7. The van der Waals surface area contributed by atoms with Crippen LogP contribution in [-0.2, 0) is 6.18 Å². The van der Waals surface area contributed by atoms with Crippen LogP contribution < -0.4 is 5.32 Å². The number of nitrogens with one attached hydrogen (secondary N) is 1. The zero-order chi connectivity index (χ0) is 19.6. The lowest BCUT2D eigenvalue weighted by molar-refractivity contribution is -0.137. The van der Waals surface area contributed by atoms with Crippen LogP contribution in [0.3, 0.4) is 0 Å². The second-order valence-corrected chi connectivity index (χ2v) is 7.63. The van der Waals surface area contributed by atoms with Gasteiger partial charge < -0.3 is 10.2 Å². The molecule has 0 spiro atoms. The summed E-state index contributed by atoms with van der Waals surface area (Å²) in [6.07, 6.45) is -3.50. The van der Waals surface area contributed by atoms with Gasteiger partial charge in [0.1, 0.15) is 0 Å². The van der Waals surface area contributed by atoms with Gasteiger partial charge in [-0.2, -0.15) is 13.2 Å². The van der Waals surface area contributed by atoms with Gasteiger partial charge in [0, 0.05) is 29.7 Å². The van der Waals surface area contributed by atoms with Crippen LogP contribution in [0.1, 0.15) is 38.4 Å². The van der Waals surface area contributed by atoms with Crippen LogP contribution >= 0.6 is 22.9 Å². The maximum atomic E-state index is 12.9. The Morgan fingerprint density at radius 1 is 1.19 bits per heavy atom. The molecule has 1 aliphatic heterocycles. The van der Waals surface area contributed by atoms with Crippen molar-refractivity contribution in [3.63, 3.8) is 0 Å². The largest absolute Gasteiger partial charge is 0.416 e. The van der Waals surface area contributed by atoms with Gasteiger partial charge in [0.25, 0.3) is 11.8 Å². The number of hydrogen-bond acceptors (Lipinski definition) is 3. The third-order valence-corrected chi connectivity index (χ3v) is 5.41. The average Bonchev–Trinajstić information content (AvgIpc) is 3.15. The zero-order valence-electron chi connectivity index (χ0n) is 14.1. The summed E-state index contributed by atoms with van der Waals surface area (Å²) in [4.78, 5) is 27.0. The number of piperidine rings is 1. The molecule has 2 amide bonds. The van der Waals surface area contributed by atoms with E-state index >= 15 is 0 Å². The predicted molar refractivity (Wildman–Crippen MR) is 97.2 cm³/mol. The molecule has 1 N–H and O–H groups in total. The van der Waals surface area contributed by atoms with E-state index in [4.69, 9.17) is 11.6 Å². The highest BCUT2D eigenvalue weighted by Gasteiger charge is 2.32. The fourth-order valence-electron chi connectivity index (χ4n) is 2.94. The van der Waals surface area contributed by atoms with E-state index in [2.05, 4.69) is 5.32 Å². The van der Waals surface area contributed by atoms with Crippen molar-refractivity contribution < 1.29 is 22.8 Å². The number of benzene rings is 1. The number of hydrogen-bond donors (Lipinski definition) is 1. The van der Waals surface area contributed by atoms with E-state index in [1.54, 1.807) is 11.0 Å². The lowest BCUT2D eigenvalue weighted by Gasteiger charge is -2.32. The highest BCUT2D eigenvalue weighted by atomic mass is 35.5. The summed E-state index contributed by atoms with van der Waals surface area (Å²) >= 11 is 7.10. The molecule has 9 heteroatoms. The quantitative estimate of drug-likeness (QED) is 0.803. The molecule has 1 saturated heterocycles. The molecule has 0 radical (unpaired) electrons. The number of halogens is 4. The van der Waals surface area contributed by atoms with Crippen molar-refractivity contribution >= 4 is 34.8 Å². The van der Waals surface area contributed by atoms with Gasteiger partial charge in [-0.3, -0.25) is 9.59 Å². The van der Waals surface area contributed by atoms with Gasteiger partial charge in [-0.1, -0.05) is 17.7 Å². The topological polar surface area (TPSA) is 49.4 Å². The second-order valence-electron chi connectivity index (χ2n) is 6.24. The molecule has 4 nitrogen and oxygen atoms in total. The molecule has 144 valence electrons. The first-order valence-corrected chi connectivity index (χ1v) is 9.51. The van der Waals surface area contributed by atoms with Gasteiger partial charge in [0.2, 0.25) is 0 Å². The third-order valence-electron chi connectivity index (χ3n) is 4.34. The summed E-state index contributed by atoms with van der Waals surface area (Å²) in [5, 5.41) is 4.42. The maximum absolute atomic E-state index is 12.9. The van der Waals surface area contributed by atoms with E-state index in [1.165, 1.54) is 17.4 Å². The minimum atomic E-state index is -4.58. The van der Waals surface area contributed by atoms with E-state index in [-0.39, 0.29) is 22.5 Å². The van der Waals surface area contributed by atoms with Gasteiger partial charge in [0.15, 0.2) is 0 Å². The molecule has 1 aromatic heterocycles. The van der Waals surface area contributed by atoms with Gasteiger partial charge in [-0.15, -0.1) is 11.3 Å². The minimum Gasteiger partial charge on any atom is -0.349 e. The Kier molecular flexibility index (Phi) is 5.76. The van der Waals surface area contributed by atoms with Crippen molar-refractivity contribution in [2.45, 2.75) is 25.1 Å². The number of nitrogens with zero attached hydrogens (tertiary/aromatic N) is 1. The summed E-state index contributed by atoms with van der Waals surface area (Å²) in [7, 11) is 0. The van der Waals surface area contributed by atoms with Crippen molar-refractivity contribution in [1.82, 2.24) is 10.2 Å². The Hall–Kier alpha value is -2.06. The first kappa shape index (κ1) is 19.7. The SMILES string of the molecule is O=C(NC1CCN(C(=O)c2cccs2)CC1)c1cc(Cl)cc(C(F)(F)F)c1. The molecule has 2 heterocycles. The van der Waals surface area contributed by atoms with Crippen LogP contribution in [0.5, 0.6) is 0 Å². The van der Waals surface area contributed by atoms with Gasteiger partial charge in [-0.25, -0.2) is 0 Å².